The van der Waals surface area contributed by atoms with Gasteiger partial charge in [0.15, 0.2) is 5.82 Å². The maximum Gasteiger partial charge on any atom is 0.272 e. The third kappa shape index (κ3) is 2.75. The van der Waals surface area contributed by atoms with Crippen LogP contribution >= 0.6 is 0 Å². The van der Waals surface area contributed by atoms with E-state index in [1.807, 2.05) is 24.3 Å². The molecule has 0 spiro atoms. The molecule has 0 amide bonds. The van der Waals surface area contributed by atoms with Crippen molar-refractivity contribution in [1.29, 1.82) is 0 Å². The number of aryl methyl sites for hydroxylation is 1. The van der Waals surface area contributed by atoms with Crippen LogP contribution in [-0.2, 0) is 17.7 Å². The summed E-state index contributed by atoms with van der Waals surface area (Å²) < 4.78 is 11.8. The highest BCUT2D eigenvalue weighted by atomic mass is 16.5. The Hall–Kier alpha value is -2.54. The predicted octanol–water partition coefficient (Wildman–Crippen LogP) is 1.33. The average Bonchev–Trinajstić information content (AvgIpc) is 2.97. The Kier molecular flexibility index (Phi) is 3.97. The van der Waals surface area contributed by atoms with Crippen LogP contribution in [0.2, 0.25) is 0 Å². The van der Waals surface area contributed by atoms with E-state index in [1.165, 1.54) is 0 Å². The van der Waals surface area contributed by atoms with E-state index in [2.05, 4.69) is 15.1 Å². The lowest BCUT2D eigenvalue weighted by Crippen LogP contribution is -2.24. The van der Waals surface area contributed by atoms with Gasteiger partial charge in [-0.05, 0) is 19.1 Å². The molecule has 0 bridgehead atoms. The van der Waals surface area contributed by atoms with Crippen molar-refractivity contribution >= 4 is 11.0 Å². The first-order valence-electron chi connectivity index (χ1n) is 6.95. The number of rotatable bonds is 5. The van der Waals surface area contributed by atoms with E-state index in [1.54, 1.807) is 18.6 Å². The summed E-state index contributed by atoms with van der Waals surface area (Å²) >= 11 is 0. The Balaban J connectivity index is 1.98. The van der Waals surface area contributed by atoms with Gasteiger partial charge in [0.1, 0.15) is 12.2 Å². The Labute approximate surface area is 126 Å². The lowest BCUT2D eigenvalue weighted by molar-refractivity contribution is 0.199. The van der Waals surface area contributed by atoms with E-state index in [0.717, 1.165) is 11.0 Å². The zero-order chi connectivity index (χ0) is 15.5. The third-order valence-corrected chi connectivity index (χ3v) is 3.35. The van der Waals surface area contributed by atoms with Gasteiger partial charge in [0.05, 0.1) is 17.6 Å². The largest absolute Gasteiger partial charge is 0.384 e. The molecule has 2 heterocycles. The van der Waals surface area contributed by atoms with Crippen LogP contribution in [-0.4, -0.2) is 33.4 Å². The van der Waals surface area contributed by atoms with Gasteiger partial charge in [-0.2, -0.15) is 4.98 Å². The minimum atomic E-state index is -0.157. The SMILES string of the molecule is COCCc1noc(Cn2c(=O)c(C)nc3ccccc32)n1. The molecular weight excluding hydrogens is 284 g/mol. The summed E-state index contributed by atoms with van der Waals surface area (Å²) in [7, 11) is 1.62. The fraction of sp³-hybridized carbons (Fsp3) is 0.333. The number of ether oxygens (including phenoxy) is 1. The molecular formula is C15H16N4O3. The molecule has 0 aliphatic heterocycles. The molecule has 0 unspecified atom stereocenters. The van der Waals surface area contributed by atoms with Gasteiger partial charge >= 0.3 is 0 Å². The number of hydrogen-bond donors (Lipinski definition) is 0. The number of benzene rings is 1. The van der Waals surface area contributed by atoms with Gasteiger partial charge in [0.25, 0.3) is 5.56 Å². The molecule has 0 radical (unpaired) electrons. The molecule has 0 atom stereocenters. The number of aromatic nitrogens is 4. The molecule has 0 saturated heterocycles. The van der Waals surface area contributed by atoms with Gasteiger partial charge in [-0.15, -0.1) is 0 Å². The van der Waals surface area contributed by atoms with Crippen LogP contribution in [0.1, 0.15) is 17.4 Å². The Morgan fingerprint density at radius 2 is 2.09 bits per heavy atom. The molecule has 0 fully saturated rings. The van der Waals surface area contributed by atoms with E-state index < -0.39 is 0 Å². The van der Waals surface area contributed by atoms with E-state index in [9.17, 15) is 4.79 Å². The number of nitrogens with zero attached hydrogens (tertiary/aromatic N) is 4. The number of hydrogen-bond acceptors (Lipinski definition) is 6. The first kappa shape index (κ1) is 14.4. The monoisotopic (exact) mass is 300 g/mol. The molecule has 3 rings (SSSR count). The zero-order valence-electron chi connectivity index (χ0n) is 12.4. The summed E-state index contributed by atoms with van der Waals surface area (Å²) in [6.07, 6.45) is 0.574. The summed E-state index contributed by atoms with van der Waals surface area (Å²) in [6, 6.07) is 7.48. The van der Waals surface area contributed by atoms with Gasteiger partial charge in [0.2, 0.25) is 5.89 Å². The molecule has 0 N–H and O–H groups in total. The summed E-state index contributed by atoms with van der Waals surface area (Å²) in [5.74, 6) is 0.962. The van der Waals surface area contributed by atoms with Crippen molar-refractivity contribution in [2.24, 2.45) is 0 Å². The Bertz CT molecular complexity index is 853. The van der Waals surface area contributed by atoms with Gasteiger partial charge in [-0.1, -0.05) is 17.3 Å². The summed E-state index contributed by atoms with van der Waals surface area (Å²) in [5.41, 5.74) is 1.79. The van der Waals surface area contributed by atoms with Crippen molar-refractivity contribution in [1.82, 2.24) is 19.7 Å². The van der Waals surface area contributed by atoms with Gasteiger partial charge in [-0.3, -0.25) is 9.36 Å². The normalized spacial score (nSPS) is 11.2. The van der Waals surface area contributed by atoms with Crippen molar-refractivity contribution in [2.75, 3.05) is 13.7 Å². The molecule has 3 aromatic rings. The van der Waals surface area contributed by atoms with Crippen molar-refractivity contribution in [2.45, 2.75) is 19.9 Å². The van der Waals surface area contributed by atoms with E-state index in [-0.39, 0.29) is 12.1 Å². The van der Waals surface area contributed by atoms with E-state index in [0.29, 0.717) is 30.4 Å². The van der Waals surface area contributed by atoms with Crippen molar-refractivity contribution in [3.05, 3.63) is 52.0 Å². The Morgan fingerprint density at radius 3 is 2.91 bits per heavy atom. The minimum absolute atomic E-state index is 0.157. The number of fused-ring (bicyclic) bond motifs is 1. The highest BCUT2D eigenvalue weighted by Crippen LogP contribution is 2.11. The molecule has 7 heteroatoms. The van der Waals surface area contributed by atoms with E-state index in [4.69, 9.17) is 9.26 Å². The van der Waals surface area contributed by atoms with Gasteiger partial charge < -0.3 is 9.26 Å². The number of para-hydroxylation sites is 2. The fourth-order valence-corrected chi connectivity index (χ4v) is 2.26. The van der Waals surface area contributed by atoms with Crippen LogP contribution in [0.5, 0.6) is 0 Å². The van der Waals surface area contributed by atoms with Crippen LogP contribution in [0.3, 0.4) is 0 Å². The average molecular weight is 300 g/mol. The summed E-state index contributed by atoms with van der Waals surface area (Å²) in [6.45, 7) is 2.45. The highest BCUT2D eigenvalue weighted by Gasteiger charge is 2.12. The van der Waals surface area contributed by atoms with Crippen molar-refractivity contribution < 1.29 is 9.26 Å². The molecule has 22 heavy (non-hydrogen) atoms. The molecule has 114 valence electrons. The molecule has 0 saturated carbocycles. The zero-order valence-corrected chi connectivity index (χ0v) is 12.4. The topological polar surface area (TPSA) is 83.0 Å². The van der Waals surface area contributed by atoms with Crippen LogP contribution in [0, 0.1) is 6.92 Å². The van der Waals surface area contributed by atoms with Crippen molar-refractivity contribution in [3.63, 3.8) is 0 Å². The quantitative estimate of drug-likeness (QED) is 0.707. The van der Waals surface area contributed by atoms with Gasteiger partial charge in [0, 0.05) is 13.5 Å². The molecule has 0 aliphatic carbocycles. The van der Waals surface area contributed by atoms with Crippen LogP contribution in [0.15, 0.2) is 33.6 Å². The third-order valence-electron chi connectivity index (χ3n) is 3.35. The molecule has 2 aromatic heterocycles. The van der Waals surface area contributed by atoms with Crippen molar-refractivity contribution in [3.8, 4) is 0 Å². The second-order valence-corrected chi connectivity index (χ2v) is 4.92. The second-order valence-electron chi connectivity index (χ2n) is 4.92. The summed E-state index contributed by atoms with van der Waals surface area (Å²) in [5, 5.41) is 3.88. The van der Waals surface area contributed by atoms with Gasteiger partial charge in [-0.25, -0.2) is 4.98 Å². The van der Waals surface area contributed by atoms with E-state index >= 15 is 0 Å². The molecule has 7 nitrogen and oxygen atoms in total. The first-order valence-corrected chi connectivity index (χ1v) is 6.95. The van der Waals surface area contributed by atoms with Crippen LogP contribution in [0.4, 0.5) is 0 Å². The maximum atomic E-state index is 12.4. The molecule has 0 aliphatic rings. The lowest BCUT2D eigenvalue weighted by Gasteiger charge is -2.08. The summed E-state index contributed by atoms with van der Waals surface area (Å²) in [4.78, 5) is 20.9. The first-order chi connectivity index (χ1) is 10.7. The second kappa shape index (κ2) is 6.07. The number of methoxy groups -OCH3 is 1. The Morgan fingerprint density at radius 1 is 1.27 bits per heavy atom. The standard InChI is InChI=1S/C15H16N4O3/c1-10-15(20)19(12-6-4-3-5-11(12)16-10)9-14-17-13(18-22-14)7-8-21-2/h3-6H,7-9H2,1-2H3. The van der Waals surface area contributed by atoms with Crippen LogP contribution in [0.25, 0.3) is 11.0 Å². The van der Waals surface area contributed by atoms with Crippen LogP contribution < -0.4 is 5.56 Å². The lowest BCUT2D eigenvalue weighted by atomic mass is 10.3. The fourth-order valence-electron chi connectivity index (χ4n) is 2.26. The molecule has 1 aromatic carbocycles. The maximum absolute atomic E-state index is 12.4. The smallest absolute Gasteiger partial charge is 0.272 e. The predicted molar refractivity (Wildman–Crippen MR) is 79.7 cm³/mol. The minimum Gasteiger partial charge on any atom is -0.384 e. The highest BCUT2D eigenvalue weighted by molar-refractivity contribution is 5.74.